The average molecular weight is 334 g/mol. The summed E-state index contributed by atoms with van der Waals surface area (Å²) in [5.74, 6) is -2.11. The first kappa shape index (κ1) is 16.5. The van der Waals surface area contributed by atoms with Gasteiger partial charge in [0.25, 0.3) is 0 Å². The van der Waals surface area contributed by atoms with Crippen LogP contribution in [0.3, 0.4) is 0 Å². The van der Waals surface area contributed by atoms with Crippen molar-refractivity contribution in [3.63, 3.8) is 0 Å². The molecule has 0 atom stereocenters. The van der Waals surface area contributed by atoms with Gasteiger partial charge in [0.15, 0.2) is 0 Å². The molecule has 0 aromatic carbocycles. The van der Waals surface area contributed by atoms with Gasteiger partial charge in [-0.3, -0.25) is 4.79 Å². The lowest BCUT2D eigenvalue weighted by atomic mass is 9.79. The number of carboxylic acids is 1. The summed E-state index contributed by atoms with van der Waals surface area (Å²) in [5, 5.41) is 8.68. The Labute approximate surface area is 128 Å². The third-order valence-corrected chi connectivity index (χ3v) is 4.78. The number of rotatable bonds is 5. The fourth-order valence-electron chi connectivity index (χ4n) is 2.14. The maximum absolute atomic E-state index is 12.7. The van der Waals surface area contributed by atoms with Crippen molar-refractivity contribution in [3.8, 4) is 0 Å². The number of hydrogen-bond acceptors (Lipinski definition) is 4. The maximum atomic E-state index is 12.7. The van der Waals surface area contributed by atoms with E-state index in [4.69, 9.17) is 9.84 Å². The van der Waals surface area contributed by atoms with Crippen LogP contribution in [0.4, 0.5) is 13.2 Å². The predicted octanol–water partition coefficient (Wildman–Crippen LogP) is 3.72. The van der Waals surface area contributed by atoms with Crippen molar-refractivity contribution in [2.45, 2.75) is 37.5 Å². The van der Waals surface area contributed by atoms with Crippen LogP contribution in [-0.4, -0.2) is 17.0 Å². The van der Waals surface area contributed by atoms with Crippen LogP contribution in [0, 0.1) is 0 Å². The highest BCUT2D eigenvalue weighted by atomic mass is 32.1. The van der Waals surface area contributed by atoms with Crippen LogP contribution in [0.5, 0.6) is 0 Å². The summed E-state index contributed by atoms with van der Waals surface area (Å²) in [7, 11) is 0. The summed E-state index contributed by atoms with van der Waals surface area (Å²) >= 11 is 0.549. The van der Waals surface area contributed by atoms with Gasteiger partial charge in [0.1, 0.15) is 10.5 Å². The third kappa shape index (κ3) is 3.32. The lowest BCUT2D eigenvalue weighted by molar-refractivity contribution is -0.170. The van der Waals surface area contributed by atoms with Gasteiger partial charge in [-0.2, -0.15) is 13.2 Å². The van der Waals surface area contributed by atoms with Gasteiger partial charge in [0.05, 0.1) is 6.42 Å². The Balaban J connectivity index is 2.13. The lowest BCUT2D eigenvalue weighted by Gasteiger charge is -2.40. The molecule has 0 bridgehead atoms. The van der Waals surface area contributed by atoms with Crippen LogP contribution < -0.4 is 0 Å². The van der Waals surface area contributed by atoms with E-state index in [-0.39, 0.29) is 5.57 Å². The van der Waals surface area contributed by atoms with E-state index in [1.54, 1.807) is 0 Å². The Morgan fingerprint density at radius 2 is 2.00 bits per heavy atom. The Morgan fingerprint density at radius 1 is 1.36 bits per heavy atom. The lowest BCUT2D eigenvalue weighted by Crippen LogP contribution is -2.38. The van der Waals surface area contributed by atoms with Crippen LogP contribution >= 0.6 is 11.3 Å². The van der Waals surface area contributed by atoms with E-state index in [9.17, 15) is 22.8 Å². The maximum Gasteiger partial charge on any atom is 0.425 e. The number of carbonyl (C=O) groups is 2. The van der Waals surface area contributed by atoms with Crippen molar-refractivity contribution in [1.29, 1.82) is 0 Å². The molecule has 1 aromatic heterocycles. The number of halogens is 3. The van der Waals surface area contributed by atoms with E-state index in [1.807, 2.05) is 0 Å². The van der Waals surface area contributed by atoms with Gasteiger partial charge in [0.2, 0.25) is 0 Å². The van der Waals surface area contributed by atoms with Crippen molar-refractivity contribution in [2.24, 2.45) is 0 Å². The zero-order chi connectivity index (χ0) is 16.5. The first-order chi connectivity index (χ1) is 10.1. The van der Waals surface area contributed by atoms with Crippen LogP contribution in [0.2, 0.25) is 0 Å². The first-order valence-corrected chi connectivity index (χ1v) is 7.26. The Kier molecular flexibility index (Phi) is 4.32. The van der Waals surface area contributed by atoms with E-state index in [0.717, 1.165) is 12.5 Å². The van der Waals surface area contributed by atoms with E-state index in [0.29, 0.717) is 29.1 Å². The number of hydrogen-bond donors (Lipinski definition) is 1. The van der Waals surface area contributed by atoms with Gasteiger partial charge in [-0.25, -0.2) is 4.79 Å². The molecule has 1 aliphatic carbocycles. The molecule has 4 nitrogen and oxygen atoms in total. The van der Waals surface area contributed by atoms with E-state index < -0.39 is 35.0 Å². The van der Waals surface area contributed by atoms with Gasteiger partial charge >= 0.3 is 18.1 Å². The van der Waals surface area contributed by atoms with Gasteiger partial charge in [0, 0.05) is 10.5 Å². The van der Waals surface area contributed by atoms with Crippen LogP contribution in [0.25, 0.3) is 0 Å². The highest BCUT2D eigenvalue weighted by molar-refractivity contribution is 7.12. The zero-order valence-electron chi connectivity index (χ0n) is 11.4. The monoisotopic (exact) mass is 334 g/mol. The molecule has 1 saturated carbocycles. The molecule has 8 heteroatoms. The summed E-state index contributed by atoms with van der Waals surface area (Å²) in [4.78, 5) is 22.0. The third-order valence-electron chi connectivity index (χ3n) is 3.47. The largest absolute Gasteiger partial charge is 0.478 e. The molecular formula is C14H13F3O4S. The van der Waals surface area contributed by atoms with Crippen molar-refractivity contribution in [1.82, 2.24) is 0 Å². The summed E-state index contributed by atoms with van der Waals surface area (Å²) in [5.41, 5.74) is -1.38. The fourth-order valence-corrected chi connectivity index (χ4v) is 3.19. The van der Waals surface area contributed by atoms with Crippen molar-refractivity contribution < 1.29 is 32.6 Å². The second kappa shape index (κ2) is 5.75. The molecule has 120 valence electrons. The van der Waals surface area contributed by atoms with Crippen LogP contribution in [0.15, 0.2) is 24.3 Å². The predicted molar refractivity (Wildman–Crippen MR) is 72.3 cm³/mol. The molecule has 0 aliphatic heterocycles. The Morgan fingerprint density at radius 3 is 2.41 bits per heavy atom. The molecule has 22 heavy (non-hydrogen) atoms. The smallest absolute Gasteiger partial charge is 0.425 e. The second-order valence-corrected chi connectivity index (χ2v) is 6.15. The van der Waals surface area contributed by atoms with Gasteiger partial charge in [-0.05, 0) is 31.4 Å². The number of esters is 1. The molecule has 1 aromatic rings. The number of carboxylic acid groups (broad SMARTS) is 1. The molecule has 1 N–H and O–H groups in total. The fraction of sp³-hybridized carbons (Fsp3) is 0.429. The number of ether oxygens (including phenoxy) is 1. The summed E-state index contributed by atoms with van der Waals surface area (Å²) in [6.45, 7) is 3.23. The standard InChI is InChI=1S/C14H13F3O4S/c1-8(12(19)20)7-11(18)21-13(5-2-6-13)9-3-4-10(22-9)14(15,16)17/h3-4H,1-2,5-7H2,(H,19,20). The normalized spacial score (nSPS) is 16.7. The zero-order valence-corrected chi connectivity index (χ0v) is 12.2. The molecule has 0 amide bonds. The molecule has 0 spiro atoms. The van der Waals surface area contributed by atoms with Gasteiger partial charge in [-0.15, -0.1) is 11.3 Å². The quantitative estimate of drug-likeness (QED) is 0.658. The minimum atomic E-state index is -4.44. The average Bonchev–Trinajstić information content (AvgIpc) is 2.83. The SMILES string of the molecule is C=C(CC(=O)OC1(c2ccc(C(F)(F)F)s2)CCC1)C(=O)O. The summed E-state index contributed by atoms with van der Waals surface area (Å²) in [6.07, 6.45) is -3.34. The van der Waals surface area contributed by atoms with Crippen LogP contribution in [0.1, 0.15) is 35.4 Å². The first-order valence-electron chi connectivity index (χ1n) is 6.44. The number of thiophene rings is 1. The summed E-state index contributed by atoms with van der Waals surface area (Å²) in [6, 6.07) is 2.27. The molecule has 1 heterocycles. The topological polar surface area (TPSA) is 63.6 Å². The highest BCUT2D eigenvalue weighted by Gasteiger charge is 2.45. The van der Waals surface area contributed by atoms with Gasteiger partial charge in [-0.1, -0.05) is 6.58 Å². The summed E-state index contributed by atoms with van der Waals surface area (Å²) < 4.78 is 43.3. The van der Waals surface area contributed by atoms with Crippen molar-refractivity contribution in [3.05, 3.63) is 34.0 Å². The highest BCUT2D eigenvalue weighted by Crippen LogP contribution is 2.49. The van der Waals surface area contributed by atoms with Crippen molar-refractivity contribution in [2.75, 3.05) is 0 Å². The molecule has 1 aliphatic rings. The van der Waals surface area contributed by atoms with Crippen molar-refractivity contribution >= 4 is 23.3 Å². The Hall–Kier alpha value is -1.83. The molecule has 0 radical (unpaired) electrons. The molecular weight excluding hydrogens is 321 g/mol. The van der Waals surface area contributed by atoms with Crippen LogP contribution in [-0.2, 0) is 26.1 Å². The minimum absolute atomic E-state index is 0.318. The van der Waals surface area contributed by atoms with Gasteiger partial charge < -0.3 is 9.84 Å². The van der Waals surface area contributed by atoms with E-state index in [1.165, 1.54) is 6.07 Å². The minimum Gasteiger partial charge on any atom is -0.478 e. The molecule has 2 rings (SSSR count). The van der Waals surface area contributed by atoms with E-state index >= 15 is 0 Å². The number of carbonyl (C=O) groups excluding carboxylic acids is 1. The molecule has 0 unspecified atom stereocenters. The second-order valence-electron chi connectivity index (χ2n) is 5.07. The van der Waals surface area contributed by atoms with E-state index in [2.05, 4.69) is 6.58 Å². The Bertz CT molecular complexity index is 614. The number of aliphatic carboxylic acids is 1. The molecule has 0 saturated heterocycles. The number of alkyl halides is 3. The molecule has 1 fully saturated rings.